The number of amides is 2. The summed E-state index contributed by atoms with van der Waals surface area (Å²) in [4.78, 5) is 25.9. The van der Waals surface area contributed by atoms with Crippen molar-refractivity contribution >= 4 is 17.9 Å². The number of benzene rings is 1. The van der Waals surface area contributed by atoms with Gasteiger partial charge in [-0.25, -0.2) is 0 Å². The molecule has 1 aromatic carbocycles. The first-order valence-electron chi connectivity index (χ1n) is 9.65. The van der Waals surface area contributed by atoms with Gasteiger partial charge in [-0.1, -0.05) is 19.1 Å². The molecule has 2 aromatic rings. The van der Waals surface area contributed by atoms with Gasteiger partial charge < -0.3 is 14.8 Å². The van der Waals surface area contributed by atoms with E-state index >= 15 is 0 Å². The van der Waals surface area contributed by atoms with Crippen LogP contribution in [0.4, 0.5) is 0 Å². The Bertz CT molecular complexity index is 960. The van der Waals surface area contributed by atoms with Gasteiger partial charge in [0.15, 0.2) is 0 Å². The first kappa shape index (κ1) is 22.0. The lowest BCUT2D eigenvalue weighted by Crippen LogP contribution is -2.24. The molecule has 0 aliphatic rings. The Balaban J connectivity index is 2.09. The van der Waals surface area contributed by atoms with E-state index in [2.05, 4.69) is 16.8 Å². The molecule has 0 aliphatic heterocycles. The maximum Gasteiger partial charge on any atom is 0.262 e. The van der Waals surface area contributed by atoms with Crippen LogP contribution in [0.2, 0.25) is 0 Å². The van der Waals surface area contributed by atoms with E-state index in [0.717, 1.165) is 35.5 Å². The number of aromatic nitrogens is 1. The Kier molecular flexibility index (Phi) is 7.38. The van der Waals surface area contributed by atoms with Crippen molar-refractivity contribution in [2.24, 2.45) is 0 Å². The second-order valence-electron chi connectivity index (χ2n) is 7.23. The van der Waals surface area contributed by atoms with Crippen molar-refractivity contribution in [3.8, 4) is 6.07 Å². The molecule has 152 valence electrons. The largest absolute Gasteiger partial charge is 0.349 e. The zero-order chi connectivity index (χ0) is 21.6. The number of nitriles is 1. The summed E-state index contributed by atoms with van der Waals surface area (Å²) in [5, 5.41) is 12.2. The van der Waals surface area contributed by atoms with Crippen LogP contribution in [-0.2, 0) is 17.9 Å². The van der Waals surface area contributed by atoms with E-state index < -0.39 is 5.91 Å². The van der Waals surface area contributed by atoms with E-state index in [1.54, 1.807) is 44.4 Å². The zero-order valence-corrected chi connectivity index (χ0v) is 17.7. The van der Waals surface area contributed by atoms with Crippen LogP contribution in [0.1, 0.15) is 46.2 Å². The van der Waals surface area contributed by atoms with E-state index in [-0.39, 0.29) is 18.0 Å². The van der Waals surface area contributed by atoms with E-state index in [4.69, 9.17) is 0 Å². The summed E-state index contributed by atoms with van der Waals surface area (Å²) in [5.41, 5.74) is 4.55. The molecule has 1 N–H and O–H groups in total. The maximum absolute atomic E-state index is 12.5. The van der Waals surface area contributed by atoms with Gasteiger partial charge in [-0.15, -0.1) is 0 Å². The third-order valence-corrected chi connectivity index (χ3v) is 4.79. The molecule has 0 aliphatic carbocycles. The van der Waals surface area contributed by atoms with E-state index in [1.807, 2.05) is 26.0 Å². The van der Waals surface area contributed by atoms with Crippen molar-refractivity contribution < 1.29 is 9.59 Å². The third kappa shape index (κ3) is 5.35. The SMILES string of the molecule is CCCn1c(C)cc(/C=C(\C#N)C(=O)NCc2ccc(C(=O)N(C)C)cc2)c1C. The molecule has 2 amide bonds. The number of aryl methyl sites for hydroxylation is 1. The van der Waals surface area contributed by atoms with Crippen LogP contribution in [-0.4, -0.2) is 35.4 Å². The van der Waals surface area contributed by atoms with Crippen molar-refractivity contribution in [2.45, 2.75) is 40.3 Å². The summed E-state index contributed by atoms with van der Waals surface area (Å²) in [5.74, 6) is -0.489. The molecule has 0 bridgehead atoms. The number of nitrogens with one attached hydrogen (secondary N) is 1. The first-order valence-corrected chi connectivity index (χ1v) is 9.65. The second kappa shape index (κ2) is 9.74. The molecule has 6 heteroatoms. The molecule has 0 spiro atoms. The minimum Gasteiger partial charge on any atom is -0.349 e. The van der Waals surface area contributed by atoms with Crippen LogP contribution >= 0.6 is 0 Å². The molecule has 2 rings (SSSR count). The fraction of sp³-hybridized carbons (Fsp3) is 0.348. The molecule has 1 heterocycles. The third-order valence-electron chi connectivity index (χ3n) is 4.79. The summed E-state index contributed by atoms with van der Waals surface area (Å²) in [6.45, 7) is 7.33. The molecule has 0 fully saturated rings. The Morgan fingerprint density at radius 2 is 1.86 bits per heavy atom. The van der Waals surface area contributed by atoms with Crippen LogP contribution in [0.25, 0.3) is 6.08 Å². The number of hydrogen-bond acceptors (Lipinski definition) is 3. The van der Waals surface area contributed by atoms with Crippen LogP contribution in [0.5, 0.6) is 0 Å². The minimum absolute atomic E-state index is 0.0705. The highest BCUT2D eigenvalue weighted by Gasteiger charge is 2.13. The van der Waals surface area contributed by atoms with Gasteiger partial charge in [-0.05, 0) is 55.7 Å². The predicted molar refractivity (Wildman–Crippen MR) is 114 cm³/mol. The smallest absolute Gasteiger partial charge is 0.262 e. The van der Waals surface area contributed by atoms with Crippen molar-refractivity contribution in [1.82, 2.24) is 14.8 Å². The highest BCUT2D eigenvalue weighted by molar-refractivity contribution is 6.01. The van der Waals surface area contributed by atoms with Gasteiger partial charge >= 0.3 is 0 Å². The van der Waals surface area contributed by atoms with Crippen molar-refractivity contribution in [3.63, 3.8) is 0 Å². The quantitative estimate of drug-likeness (QED) is 0.579. The monoisotopic (exact) mass is 392 g/mol. The van der Waals surface area contributed by atoms with E-state index in [1.165, 1.54) is 4.90 Å². The second-order valence-corrected chi connectivity index (χ2v) is 7.23. The van der Waals surface area contributed by atoms with Gasteiger partial charge in [0.1, 0.15) is 11.6 Å². The molecule has 1 aromatic heterocycles. The molecule has 0 radical (unpaired) electrons. The molecule has 0 atom stereocenters. The van der Waals surface area contributed by atoms with Gasteiger partial charge in [0.05, 0.1) is 0 Å². The van der Waals surface area contributed by atoms with Gasteiger partial charge in [-0.3, -0.25) is 9.59 Å². The highest BCUT2D eigenvalue weighted by atomic mass is 16.2. The van der Waals surface area contributed by atoms with Crippen molar-refractivity contribution in [1.29, 1.82) is 5.26 Å². The molecule has 6 nitrogen and oxygen atoms in total. The summed E-state index contributed by atoms with van der Waals surface area (Å²) in [7, 11) is 3.40. The number of carbonyl (C=O) groups excluding carboxylic acids is 2. The van der Waals surface area contributed by atoms with Gasteiger partial charge in [0.2, 0.25) is 0 Å². The predicted octanol–water partition coefficient (Wildman–Crippen LogP) is 3.44. The fourth-order valence-corrected chi connectivity index (χ4v) is 3.15. The summed E-state index contributed by atoms with van der Waals surface area (Å²) >= 11 is 0. The van der Waals surface area contributed by atoms with Gasteiger partial charge in [0.25, 0.3) is 11.8 Å². The average molecular weight is 393 g/mol. The van der Waals surface area contributed by atoms with Gasteiger partial charge in [-0.2, -0.15) is 5.26 Å². The molecular formula is C23H28N4O2. The molecule has 0 unspecified atom stereocenters. The lowest BCUT2D eigenvalue weighted by Gasteiger charge is -2.11. The van der Waals surface area contributed by atoms with E-state index in [9.17, 15) is 14.9 Å². The number of carbonyl (C=O) groups is 2. The van der Waals surface area contributed by atoms with Crippen LogP contribution in [0.15, 0.2) is 35.9 Å². The van der Waals surface area contributed by atoms with Gasteiger partial charge in [0, 0.05) is 44.1 Å². The highest BCUT2D eigenvalue weighted by Crippen LogP contribution is 2.19. The molecule has 0 saturated carbocycles. The standard InChI is InChI=1S/C23H28N4O2/c1-6-11-27-16(2)12-20(17(27)3)13-21(14-24)22(28)25-15-18-7-9-19(10-8-18)23(29)26(4)5/h7-10,12-13H,6,11,15H2,1-5H3,(H,25,28)/b21-13+. The lowest BCUT2D eigenvalue weighted by atomic mass is 10.1. The summed E-state index contributed by atoms with van der Waals surface area (Å²) in [6.07, 6.45) is 2.66. The topological polar surface area (TPSA) is 78.1 Å². The van der Waals surface area contributed by atoms with Crippen LogP contribution < -0.4 is 5.32 Å². The normalized spacial score (nSPS) is 11.1. The minimum atomic E-state index is -0.416. The average Bonchev–Trinajstić information content (AvgIpc) is 2.97. The molecular weight excluding hydrogens is 364 g/mol. The van der Waals surface area contributed by atoms with Crippen molar-refractivity contribution in [3.05, 3.63) is 64.0 Å². The molecule has 0 saturated heterocycles. The van der Waals surface area contributed by atoms with Crippen LogP contribution in [0.3, 0.4) is 0 Å². The molecule has 29 heavy (non-hydrogen) atoms. The Hall–Kier alpha value is -3.33. The first-order chi connectivity index (χ1) is 13.8. The lowest BCUT2D eigenvalue weighted by molar-refractivity contribution is -0.117. The summed E-state index contributed by atoms with van der Waals surface area (Å²) < 4.78 is 2.19. The van der Waals surface area contributed by atoms with Crippen molar-refractivity contribution in [2.75, 3.05) is 14.1 Å². The fourth-order valence-electron chi connectivity index (χ4n) is 3.15. The summed E-state index contributed by atoms with van der Waals surface area (Å²) in [6, 6.07) is 11.0. The number of hydrogen-bond donors (Lipinski definition) is 1. The number of rotatable bonds is 7. The Labute approximate surface area is 172 Å². The Morgan fingerprint density at radius 3 is 2.41 bits per heavy atom. The Morgan fingerprint density at radius 1 is 1.21 bits per heavy atom. The number of nitrogens with zero attached hydrogens (tertiary/aromatic N) is 3. The zero-order valence-electron chi connectivity index (χ0n) is 17.7. The maximum atomic E-state index is 12.5. The van der Waals surface area contributed by atoms with E-state index in [0.29, 0.717) is 5.56 Å². The van der Waals surface area contributed by atoms with Crippen LogP contribution in [0, 0.1) is 25.2 Å².